The lowest BCUT2D eigenvalue weighted by Crippen LogP contribution is -2.58. The van der Waals surface area contributed by atoms with Crippen molar-refractivity contribution in [2.45, 2.75) is 81.7 Å². The third-order valence-corrected chi connectivity index (χ3v) is 11.5. The lowest BCUT2D eigenvalue weighted by molar-refractivity contribution is -0.144. The molecule has 0 radical (unpaired) electrons. The number of rotatable bonds is 5. The average Bonchev–Trinajstić information content (AvgIpc) is 3.30. The number of nitrogens with zero attached hydrogens (tertiary/aromatic N) is 4. The van der Waals surface area contributed by atoms with Crippen LogP contribution in [0.3, 0.4) is 0 Å². The highest BCUT2D eigenvalue weighted by atomic mass is 35.5. The summed E-state index contributed by atoms with van der Waals surface area (Å²) in [6.45, 7) is 8.38. The number of aromatic nitrogens is 1. The van der Waals surface area contributed by atoms with Crippen molar-refractivity contribution in [3.8, 4) is 0 Å². The number of halogens is 3. The van der Waals surface area contributed by atoms with E-state index in [0.29, 0.717) is 29.6 Å². The second kappa shape index (κ2) is 11.5. The molecule has 1 saturated carbocycles. The highest BCUT2D eigenvalue weighted by Gasteiger charge is 2.53. The molecule has 234 valence electrons. The van der Waals surface area contributed by atoms with Gasteiger partial charge in [0.05, 0.1) is 22.0 Å². The van der Waals surface area contributed by atoms with Crippen molar-refractivity contribution < 1.29 is 14.0 Å². The minimum absolute atomic E-state index is 0.00931. The van der Waals surface area contributed by atoms with Gasteiger partial charge in [-0.1, -0.05) is 60.9 Å². The summed E-state index contributed by atoms with van der Waals surface area (Å²) in [5.74, 6) is -0.536. The lowest BCUT2D eigenvalue weighted by atomic mass is 9.93. The summed E-state index contributed by atoms with van der Waals surface area (Å²) in [4.78, 5) is 39.5. The summed E-state index contributed by atoms with van der Waals surface area (Å²) in [7, 11) is 0. The molecule has 12 heteroatoms. The van der Waals surface area contributed by atoms with E-state index in [0.717, 1.165) is 42.6 Å². The monoisotopic (exact) mass is 658 g/mol. The lowest BCUT2D eigenvalue weighted by Gasteiger charge is -2.38. The van der Waals surface area contributed by atoms with Crippen LogP contribution in [0, 0.1) is 11.7 Å². The molecule has 4 unspecified atom stereocenters. The number of amides is 2. The molecule has 1 aromatic carbocycles. The Kier molecular flexibility index (Phi) is 7.89. The van der Waals surface area contributed by atoms with E-state index in [1.165, 1.54) is 17.8 Å². The first kappa shape index (κ1) is 30.3. The standard InChI is InChI=1S/C32H37Cl2FN6O2S/c1-17(2)26-28(30(43)40-18(3)4-8-23(40)29(42)39-13-12-37-32(16-39)10-11-32)44-31-38-25(20-6-9-24(34)36-15-20)27(41(26)31)19-5-7-21(33)22(35)14-19/h5-7,9,14-15,17-18,23,25,27,31,37-38H,4,8,10-13,16H2,1-3H3/t18-,23?,25?,27?,31?/m1/s1. The Labute approximate surface area is 271 Å². The highest BCUT2D eigenvalue weighted by molar-refractivity contribution is 8.04. The molecule has 2 N–H and O–H groups in total. The molecular weight excluding hydrogens is 622 g/mol. The van der Waals surface area contributed by atoms with E-state index >= 15 is 0 Å². The molecule has 1 spiro atoms. The van der Waals surface area contributed by atoms with Crippen LogP contribution in [-0.2, 0) is 9.59 Å². The predicted molar refractivity (Wildman–Crippen MR) is 170 cm³/mol. The maximum absolute atomic E-state index is 14.9. The number of allylic oxidation sites excluding steroid dienone is 1. The van der Waals surface area contributed by atoms with Gasteiger partial charge >= 0.3 is 0 Å². The van der Waals surface area contributed by atoms with Crippen LogP contribution in [0.15, 0.2) is 47.1 Å². The second-order valence-electron chi connectivity index (χ2n) is 13.0. The molecule has 0 bridgehead atoms. The fourth-order valence-corrected chi connectivity index (χ4v) is 9.13. The molecule has 2 aromatic rings. The Hall–Kier alpha value is -2.37. The highest BCUT2D eigenvalue weighted by Crippen LogP contribution is 2.54. The van der Waals surface area contributed by atoms with Crippen LogP contribution in [0.2, 0.25) is 10.2 Å². The van der Waals surface area contributed by atoms with Crippen LogP contribution in [0.1, 0.15) is 69.7 Å². The molecule has 44 heavy (non-hydrogen) atoms. The molecule has 1 aliphatic carbocycles. The van der Waals surface area contributed by atoms with Gasteiger partial charge in [0.1, 0.15) is 22.5 Å². The zero-order valence-electron chi connectivity index (χ0n) is 25.0. The molecular formula is C32H37Cl2FN6O2S. The molecule has 5 atom stereocenters. The number of carbonyl (C=O) groups is 2. The minimum Gasteiger partial charge on any atom is -0.340 e. The number of benzene rings is 1. The third-order valence-electron chi connectivity index (χ3n) is 9.79. The molecule has 1 aromatic heterocycles. The van der Waals surface area contributed by atoms with Crippen LogP contribution in [-0.4, -0.2) is 74.3 Å². The van der Waals surface area contributed by atoms with E-state index in [1.54, 1.807) is 18.3 Å². The van der Waals surface area contributed by atoms with Gasteiger partial charge < -0.3 is 20.0 Å². The molecule has 5 aliphatic rings. The summed E-state index contributed by atoms with van der Waals surface area (Å²) in [5.41, 5.74) is 2.34. The van der Waals surface area contributed by atoms with Crippen molar-refractivity contribution in [3.63, 3.8) is 0 Å². The maximum atomic E-state index is 14.9. The van der Waals surface area contributed by atoms with E-state index in [2.05, 4.69) is 34.4 Å². The van der Waals surface area contributed by atoms with Gasteiger partial charge in [0, 0.05) is 43.1 Å². The van der Waals surface area contributed by atoms with Crippen molar-refractivity contribution in [1.29, 1.82) is 0 Å². The number of hydrogen-bond acceptors (Lipinski definition) is 7. The van der Waals surface area contributed by atoms with Gasteiger partial charge in [-0.05, 0) is 67.9 Å². The third kappa shape index (κ3) is 5.20. The molecule has 8 nitrogen and oxygen atoms in total. The van der Waals surface area contributed by atoms with Gasteiger partial charge in [-0.15, -0.1) is 0 Å². The molecule has 3 saturated heterocycles. The zero-order chi connectivity index (χ0) is 30.9. The van der Waals surface area contributed by atoms with E-state index in [-0.39, 0.29) is 51.9 Å². The maximum Gasteiger partial charge on any atom is 0.263 e. The summed E-state index contributed by atoms with van der Waals surface area (Å²) < 4.78 is 14.9. The van der Waals surface area contributed by atoms with Gasteiger partial charge in [-0.3, -0.25) is 14.9 Å². The molecule has 7 rings (SSSR count). The van der Waals surface area contributed by atoms with E-state index in [4.69, 9.17) is 23.2 Å². The number of fused-ring (bicyclic) bond motifs is 1. The molecule has 4 aliphatic heterocycles. The van der Waals surface area contributed by atoms with E-state index in [1.807, 2.05) is 28.9 Å². The number of carbonyl (C=O) groups excluding carboxylic acids is 2. The number of likely N-dealkylation sites (tertiary alicyclic amines) is 1. The average molecular weight is 660 g/mol. The first-order valence-corrected chi connectivity index (χ1v) is 17.1. The van der Waals surface area contributed by atoms with Crippen molar-refractivity contribution in [1.82, 2.24) is 30.3 Å². The predicted octanol–water partition coefficient (Wildman–Crippen LogP) is 5.46. The van der Waals surface area contributed by atoms with Crippen molar-refractivity contribution in [3.05, 3.63) is 74.3 Å². The number of thioether (sulfide) groups is 1. The number of pyridine rings is 1. The van der Waals surface area contributed by atoms with E-state index in [9.17, 15) is 14.0 Å². The van der Waals surface area contributed by atoms with Gasteiger partial charge in [0.15, 0.2) is 0 Å². The molecule has 2 amide bonds. The fourth-order valence-electron chi connectivity index (χ4n) is 7.43. The minimum atomic E-state index is -0.494. The molecule has 5 heterocycles. The number of piperazine rings is 1. The van der Waals surface area contributed by atoms with Gasteiger partial charge in [0.2, 0.25) is 5.91 Å². The Morgan fingerprint density at radius 1 is 1.14 bits per heavy atom. The topological polar surface area (TPSA) is 80.8 Å². The quantitative estimate of drug-likeness (QED) is 0.413. The number of hydrogen-bond donors (Lipinski definition) is 2. The fraction of sp³-hybridized carbons (Fsp3) is 0.531. The first-order chi connectivity index (χ1) is 21.1. The zero-order valence-corrected chi connectivity index (χ0v) is 27.4. The normalized spacial score (nSPS) is 29.2. The van der Waals surface area contributed by atoms with Crippen molar-refractivity contribution in [2.24, 2.45) is 5.92 Å². The van der Waals surface area contributed by atoms with Gasteiger partial charge in [-0.2, -0.15) is 0 Å². The van der Waals surface area contributed by atoms with Crippen LogP contribution in [0.4, 0.5) is 4.39 Å². The van der Waals surface area contributed by atoms with Crippen molar-refractivity contribution >= 4 is 46.8 Å². The first-order valence-electron chi connectivity index (χ1n) is 15.4. The Bertz CT molecular complexity index is 1520. The van der Waals surface area contributed by atoms with Crippen LogP contribution in [0.5, 0.6) is 0 Å². The second-order valence-corrected chi connectivity index (χ2v) is 14.9. The summed E-state index contributed by atoms with van der Waals surface area (Å²) in [6.07, 6.45) is 5.38. The SMILES string of the molecule is CC(C)C1=C(C(=O)N2C(C(=O)N3CCNC4(CC4)C3)CC[C@H]2C)SC2NC(c3ccc(Cl)nc3)C(c3ccc(Cl)c(F)c3)N12. The van der Waals surface area contributed by atoms with Crippen LogP contribution in [0.25, 0.3) is 0 Å². The Morgan fingerprint density at radius 3 is 2.59 bits per heavy atom. The Morgan fingerprint density at radius 2 is 1.91 bits per heavy atom. The Balaban J connectivity index is 1.24. The molecule has 4 fully saturated rings. The van der Waals surface area contributed by atoms with E-state index < -0.39 is 11.9 Å². The summed E-state index contributed by atoms with van der Waals surface area (Å²) >= 11 is 13.7. The van der Waals surface area contributed by atoms with Crippen molar-refractivity contribution in [2.75, 3.05) is 19.6 Å². The van der Waals surface area contributed by atoms with Gasteiger partial charge in [0.25, 0.3) is 5.91 Å². The number of nitrogens with one attached hydrogen (secondary N) is 2. The van der Waals surface area contributed by atoms with Gasteiger partial charge in [-0.25, -0.2) is 9.37 Å². The van der Waals surface area contributed by atoms with Crippen LogP contribution >= 0.6 is 35.0 Å². The summed E-state index contributed by atoms with van der Waals surface area (Å²) in [5, 5.41) is 7.73. The largest absolute Gasteiger partial charge is 0.340 e. The smallest absolute Gasteiger partial charge is 0.263 e. The van der Waals surface area contributed by atoms with Crippen LogP contribution < -0.4 is 10.6 Å². The summed E-state index contributed by atoms with van der Waals surface area (Å²) in [6, 6.07) is 7.47.